The summed E-state index contributed by atoms with van der Waals surface area (Å²) in [5, 5.41) is 72.5. The molecule has 5 aliphatic carbocycles. The summed E-state index contributed by atoms with van der Waals surface area (Å²) in [7, 11) is 1.39. The fourth-order valence-corrected chi connectivity index (χ4v) is 13.5. The molecule has 14 nitrogen and oxygen atoms in total. The van der Waals surface area contributed by atoms with Crippen molar-refractivity contribution in [3.63, 3.8) is 0 Å². The average Bonchev–Trinajstić information content (AvgIpc) is 3.15. The van der Waals surface area contributed by atoms with Crippen molar-refractivity contribution in [3.05, 3.63) is 11.6 Å². The SMILES string of the molecule is COC(=O)[C@@]1(C)CC[C@]2(C(=O)O[C@@H]3O[C@H](CO)[C@H](O)[C@H](O)[C@H]3O)CC[C@]3(C)C(=CC[C@@H]4[C@@]5(C)CC[C@H](O[C@@H]6OC[C@H](O)[C@H](O)[C@H]6O)C(C)(C)[C@@H]5CC[C@]43C)[C@@H]2C1. The highest BCUT2D eigenvalue weighted by molar-refractivity contribution is 5.81. The molecule has 0 amide bonds. The van der Waals surface area contributed by atoms with E-state index in [2.05, 4.69) is 40.7 Å². The van der Waals surface area contributed by atoms with Crippen molar-refractivity contribution in [3.8, 4) is 0 Å². The first-order valence-electron chi connectivity index (χ1n) is 20.8. The van der Waals surface area contributed by atoms with Crippen molar-refractivity contribution in [2.24, 2.45) is 50.2 Å². The highest BCUT2D eigenvalue weighted by atomic mass is 16.7. The lowest BCUT2D eigenvalue weighted by Crippen LogP contribution is -2.66. The fraction of sp³-hybridized carbons (Fsp3) is 0.905. The number of rotatable bonds is 6. The van der Waals surface area contributed by atoms with Crippen molar-refractivity contribution in [2.45, 2.75) is 167 Å². The molecular formula is C42H66O14. The van der Waals surface area contributed by atoms with Crippen LogP contribution in [0.2, 0.25) is 0 Å². The van der Waals surface area contributed by atoms with Gasteiger partial charge >= 0.3 is 11.9 Å². The zero-order valence-corrected chi connectivity index (χ0v) is 34.1. The molecule has 0 spiro atoms. The van der Waals surface area contributed by atoms with Gasteiger partial charge in [-0.15, -0.1) is 0 Å². The van der Waals surface area contributed by atoms with Gasteiger partial charge in [-0.3, -0.25) is 9.59 Å². The molecule has 7 N–H and O–H groups in total. The van der Waals surface area contributed by atoms with Gasteiger partial charge in [-0.1, -0.05) is 46.3 Å². The van der Waals surface area contributed by atoms with Gasteiger partial charge in [0.2, 0.25) is 6.29 Å². The monoisotopic (exact) mass is 794 g/mol. The van der Waals surface area contributed by atoms with Crippen LogP contribution < -0.4 is 0 Å². The van der Waals surface area contributed by atoms with Crippen LogP contribution in [-0.4, -0.2) is 129 Å². The van der Waals surface area contributed by atoms with Crippen LogP contribution in [0.5, 0.6) is 0 Å². The summed E-state index contributed by atoms with van der Waals surface area (Å²) in [5.41, 5.74) is -1.61. The molecule has 0 aromatic heterocycles. The Morgan fingerprint density at radius 1 is 0.786 bits per heavy atom. The molecule has 2 aliphatic heterocycles. The summed E-state index contributed by atoms with van der Waals surface area (Å²) < 4.78 is 29.0. The highest BCUT2D eigenvalue weighted by Gasteiger charge is 2.70. The van der Waals surface area contributed by atoms with Crippen molar-refractivity contribution in [2.75, 3.05) is 20.3 Å². The molecule has 0 aromatic carbocycles. The highest BCUT2D eigenvalue weighted by Crippen LogP contribution is 2.76. The molecular weight excluding hydrogens is 728 g/mol. The van der Waals surface area contributed by atoms with Crippen LogP contribution in [0.15, 0.2) is 11.6 Å². The van der Waals surface area contributed by atoms with Crippen molar-refractivity contribution in [1.82, 2.24) is 0 Å². The molecule has 14 heteroatoms. The third kappa shape index (κ3) is 6.09. The van der Waals surface area contributed by atoms with Crippen LogP contribution in [0.1, 0.15) is 106 Å². The quantitative estimate of drug-likeness (QED) is 0.116. The van der Waals surface area contributed by atoms with Crippen LogP contribution in [0.3, 0.4) is 0 Å². The van der Waals surface area contributed by atoms with Crippen LogP contribution in [0.25, 0.3) is 0 Å². The average molecular weight is 795 g/mol. The Hall–Kier alpha value is -1.72. The van der Waals surface area contributed by atoms with E-state index >= 15 is 0 Å². The summed E-state index contributed by atoms with van der Waals surface area (Å²) in [4.78, 5) is 28.0. The number of methoxy groups -OCH3 is 1. The predicted molar refractivity (Wildman–Crippen MR) is 198 cm³/mol. The van der Waals surface area contributed by atoms with Gasteiger partial charge in [-0.05, 0) is 111 Å². The Morgan fingerprint density at radius 3 is 2.14 bits per heavy atom. The molecule has 7 aliphatic rings. The topological polar surface area (TPSA) is 222 Å². The molecule has 0 bridgehead atoms. The molecule has 318 valence electrons. The summed E-state index contributed by atoms with van der Waals surface area (Å²) in [6.45, 7) is 12.8. The fourth-order valence-electron chi connectivity index (χ4n) is 13.5. The summed E-state index contributed by atoms with van der Waals surface area (Å²) in [6, 6.07) is 0. The van der Waals surface area contributed by atoms with Gasteiger partial charge in [0.1, 0.15) is 42.7 Å². The van der Waals surface area contributed by atoms with E-state index in [1.54, 1.807) is 0 Å². The third-order valence-corrected chi connectivity index (χ3v) is 17.3. The maximum atomic E-state index is 14.7. The Morgan fingerprint density at radius 2 is 1.46 bits per heavy atom. The van der Waals surface area contributed by atoms with E-state index in [-0.39, 0.29) is 52.2 Å². The third-order valence-electron chi connectivity index (χ3n) is 17.3. The van der Waals surface area contributed by atoms with E-state index in [9.17, 15) is 45.3 Å². The minimum atomic E-state index is -1.72. The lowest BCUT2D eigenvalue weighted by Gasteiger charge is -2.71. The number of aliphatic hydroxyl groups is 7. The largest absolute Gasteiger partial charge is 0.469 e. The summed E-state index contributed by atoms with van der Waals surface area (Å²) in [6.07, 6.45) is -4.05. The normalized spacial score (nSPS) is 52.6. The van der Waals surface area contributed by atoms with Crippen molar-refractivity contribution in [1.29, 1.82) is 0 Å². The van der Waals surface area contributed by atoms with Crippen LogP contribution in [-0.2, 0) is 33.3 Å². The Labute approximate surface area is 329 Å². The number of hydrogen-bond donors (Lipinski definition) is 7. The molecule has 56 heavy (non-hydrogen) atoms. The number of ether oxygens (including phenoxy) is 5. The second kappa shape index (κ2) is 14.5. The van der Waals surface area contributed by atoms with Gasteiger partial charge in [-0.25, -0.2) is 0 Å². The first-order valence-corrected chi connectivity index (χ1v) is 20.8. The minimum Gasteiger partial charge on any atom is -0.469 e. The van der Waals surface area contributed by atoms with Gasteiger partial charge < -0.3 is 59.4 Å². The van der Waals surface area contributed by atoms with E-state index in [4.69, 9.17) is 23.7 Å². The van der Waals surface area contributed by atoms with E-state index in [1.165, 1.54) is 7.11 Å². The van der Waals surface area contributed by atoms with Gasteiger partial charge in [0.25, 0.3) is 0 Å². The standard InChI is InChI=1S/C42H66O14/c1-37(2)25-10-13-41(6)26(39(25,4)12-11-27(37)55-33-31(48)28(45)23(44)20-53-33)9-8-21-22-18-38(3,35(50)52-7)14-16-42(22,17-15-40(21,41)5)36(51)56-34-32(49)30(47)29(46)24(19-43)54-34/h8,22-34,43-49H,9-20H2,1-7H3/t22-,23-,24+,25-,26+,27-,28-,29-,30-,31+,32+,33-,34-,38-,39-,40+,41+,42-/m0/s1. The van der Waals surface area contributed by atoms with Crippen LogP contribution in [0, 0.1) is 50.2 Å². The second-order valence-electron chi connectivity index (χ2n) is 20.1. The molecule has 0 unspecified atom stereocenters. The van der Waals surface area contributed by atoms with Crippen molar-refractivity contribution >= 4 is 11.9 Å². The number of hydrogen-bond acceptors (Lipinski definition) is 14. The molecule has 2 heterocycles. The zero-order valence-electron chi connectivity index (χ0n) is 34.1. The molecule has 7 rings (SSSR count). The summed E-state index contributed by atoms with van der Waals surface area (Å²) in [5.74, 6) is -0.724. The molecule has 18 atom stereocenters. The number of carbonyl (C=O) groups excluding carboxylic acids is 2. The van der Waals surface area contributed by atoms with Gasteiger partial charge in [0.05, 0.1) is 37.3 Å². The van der Waals surface area contributed by atoms with Crippen molar-refractivity contribution < 1.29 is 69.0 Å². The molecule has 2 saturated heterocycles. The first kappa shape index (κ1) is 42.4. The molecule has 0 radical (unpaired) electrons. The molecule has 6 fully saturated rings. The van der Waals surface area contributed by atoms with E-state index in [0.29, 0.717) is 38.0 Å². The Balaban J connectivity index is 1.19. The van der Waals surface area contributed by atoms with Gasteiger partial charge in [0.15, 0.2) is 6.29 Å². The smallest absolute Gasteiger partial charge is 0.315 e. The molecule has 4 saturated carbocycles. The van der Waals surface area contributed by atoms with E-state index < -0.39 is 78.7 Å². The number of esters is 2. The summed E-state index contributed by atoms with van der Waals surface area (Å²) >= 11 is 0. The van der Waals surface area contributed by atoms with E-state index in [0.717, 1.165) is 37.7 Å². The van der Waals surface area contributed by atoms with E-state index in [1.807, 2.05) is 6.92 Å². The van der Waals surface area contributed by atoms with Crippen LogP contribution in [0.4, 0.5) is 0 Å². The zero-order chi connectivity index (χ0) is 41.0. The number of allylic oxidation sites excluding steroid dienone is 2. The maximum Gasteiger partial charge on any atom is 0.315 e. The number of fused-ring (bicyclic) bond motifs is 7. The number of carbonyl (C=O) groups is 2. The first-order chi connectivity index (χ1) is 26.1. The lowest BCUT2D eigenvalue weighted by atomic mass is 9.33. The Bertz CT molecular complexity index is 1550. The van der Waals surface area contributed by atoms with Crippen LogP contribution >= 0.6 is 0 Å². The minimum absolute atomic E-state index is 0.0766. The van der Waals surface area contributed by atoms with Gasteiger partial charge in [-0.2, -0.15) is 0 Å². The predicted octanol–water partition coefficient (Wildman–Crippen LogP) is 2.11. The molecule has 0 aromatic rings. The Kier molecular flexibility index (Phi) is 11.0. The number of aliphatic hydroxyl groups excluding tert-OH is 7. The van der Waals surface area contributed by atoms with Gasteiger partial charge in [0, 0.05) is 0 Å². The maximum absolute atomic E-state index is 14.7. The lowest BCUT2D eigenvalue weighted by molar-refractivity contribution is -0.308. The second-order valence-corrected chi connectivity index (χ2v) is 20.1.